The average Bonchev–Trinajstić information content (AvgIpc) is 3.01. The summed E-state index contributed by atoms with van der Waals surface area (Å²) in [6, 6.07) is 8.26. The summed E-state index contributed by atoms with van der Waals surface area (Å²) in [4.78, 5) is 0. The first-order chi connectivity index (χ1) is 10.2. The summed E-state index contributed by atoms with van der Waals surface area (Å²) in [5.74, 6) is 0. The van der Waals surface area contributed by atoms with E-state index in [-0.39, 0.29) is 0 Å². The van der Waals surface area contributed by atoms with Crippen LogP contribution in [0.1, 0.15) is 11.3 Å². The summed E-state index contributed by atoms with van der Waals surface area (Å²) in [5, 5.41) is 12.1. The van der Waals surface area contributed by atoms with Gasteiger partial charge in [-0.15, -0.1) is 6.58 Å². The zero-order chi connectivity index (χ0) is 14.8. The quantitative estimate of drug-likeness (QED) is 0.456. The highest BCUT2D eigenvalue weighted by molar-refractivity contribution is 7.71. The summed E-state index contributed by atoms with van der Waals surface area (Å²) < 4.78 is 4.23. The summed E-state index contributed by atoms with van der Waals surface area (Å²) in [5.41, 5.74) is 3.40. The second-order valence-corrected chi connectivity index (χ2v) is 5.05. The van der Waals surface area contributed by atoms with Crippen molar-refractivity contribution in [2.45, 2.75) is 13.5 Å². The lowest BCUT2D eigenvalue weighted by molar-refractivity contribution is 0.827. The number of H-pyrrole nitrogens is 1. The van der Waals surface area contributed by atoms with Crippen molar-refractivity contribution in [3.63, 3.8) is 0 Å². The molecule has 0 aliphatic carbocycles. The van der Waals surface area contributed by atoms with Gasteiger partial charge in [0.25, 0.3) is 0 Å². The molecule has 2 heterocycles. The van der Waals surface area contributed by atoms with Crippen molar-refractivity contribution in [3.8, 4) is 0 Å². The van der Waals surface area contributed by atoms with E-state index >= 15 is 0 Å². The second-order valence-electron chi connectivity index (χ2n) is 4.67. The van der Waals surface area contributed by atoms with E-state index in [1.807, 2.05) is 24.4 Å². The van der Waals surface area contributed by atoms with Gasteiger partial charge in [-0.2, -0.15) is 14.9 Å². The molecule has 0 saturated heterocycles. The Bertz CT molecular complexity index is 881. The van der Waals surface area contributed by atoms with Crippen molar-refractivity contribution in [2.24, 2.45) is 5.10 Å². The highest BCUT2D eigenvalue weighted by Crippen LogP contribution is 2.24. The Kier molecular flexibility index (Phi) is 3.53. The molecule has 5 nitrogen and oxygen atoms in total. The minimum Gasteiger partial charge on any atom is -0.340 e. The zero-order valence-electron chi connectivity index (χ0n) is 11.7. The highest BCUT2D eigenvalue weighted by Gasteiger charge is 2.11. The van der Waals surface area contributed by atoms with Gasteiger partial charge in [0.1, 0.15) is 6.33 Å². The van der Waals surface area contributed by atoms with Crippen molar-refractivity contribution in [1.82, 2.24) is 19.4 Å². The normalized spacial score (nSPS) is 11.5. The van der Waals surface area contributed by atoms with Crippen LogP contribution in [0.5, 0.6) is 0 Å². The van der Waals surface area contributed by atoms with Crippen molar-refractivity contribution in [3.05, 3.63) is 59.3 Å². The minimum atomic E-state index is 0.471. The largest absolute Gasteiger partial charge is 0.340 e. The first-order valence-electron chi connectivity index (χ1n) is 6.57. The van der Waals surface area contributed by atoms with E-state index in [1.165, 1.54) is 10.2 Å². The lowest BCUT2D eigenvalue weighted by Crippen LogP contribution is -1.98. The van der Waals surface area contributed by atoms with E-state index in [4.69, 9.17) is 12.2 Å². The Labute approximate surface area is 127 Å². The van der Waals surface area contributed by atoms with Gasteiger partial charge in [0.05, 0.1) is 6.21 Å². The van der Waals surface area contributed by atoms with Crippen LogP contribution in [-0.4, -0.2) is 25.7 Å². The standard InChI is InChI=1S/C15H15N5S/c1-3-8-19-11(2)13(12-6-4-5-7-14(12)19)9-17-20-10-16-18-15(20)21/h3-7,9-10H,1,8H2,2H3,(H,18,21)/b17-9-. The highest BCUT2D eigenvalue weighted by atomic mass is 32.1. The fourth-order valence-electron chi connectivity index (χ4n) is 2.43. The van der Waals surface area contributed by atoms with E-state index in [9.17, 15) is 0 Å². The molecule has 6 heteroatoms. The van der Waals surface area contributed by atoms with Gasteiger partial charge in [0.2, 0.25) is 4.77 Å². The van der Waals surface area contributed by atoms with E-state index < -0.39 is 0 Å². The van der Waals surface area contributed by atoms with Crippen LogP contribution in [-0.2, 0) is 6.54 Å². The lowest BCUT2D eigenvalue weighted by Gasteiger charge is -2.03. The molecule has 0 bridgehead atoms. The topological polar surface area (TPSA) is 50.9 Å². The second kappa shape index (κ2) is 5.49. The Balaban J connectivity index is 2.16. The number of hydrogen-bond donors (Lipinski definition) is 1. The van der Waals surface area contributed by atoms with Crippen molar-refractivity contribution in [1.29, 1.82) is 0 Å². The number of hydrogen-bond acceptors (Lipinski definition) is 3. The Morgan fingerprint density at radius 1 is 1.43 bits per heavy atom. The molecule has 0 amide bonds. The Morgan fingerprint density at radius 3 is 2.95 bits per heavy atom. The van der Waals surface area contributed by atoms with Gasteiger partial charge in [-0.1, -0.05) is 24.3 Å². The molecule has 0 fully saturated rings. The van der Waals surface area contributed by atoms with Crippen molar-refractivity contribution in [2.75, 3.05) is 0 Å². The van der Waals surface area contributed by atoms with Crippen LogP contribution in [0.25, 0.3) is 10.9 Å². The first kappa shape index (κ1) is 13.5. The van der Waals surface area contributed by atoms with E-state index in [2.05, 4.69) is 45.5 Å². The molecule has 3 rings (SSSR count). The molecule has 1 aromatic carbocycles. The Morgan fingerprint density at radius 2 is 2.24 bits per heavy atom. The number of nitrogens with one attached hydrogen (secondary N) is 1. The predicted octanol–water partition coefficient (Wildman–Crippen LogP) is 3.27. The number of allylic oxidation sites excluding steroid dienone is 1. The van der Waals surface area contributed by atoms with Crippen LogP contribution >= 0.6 is 12.2 Å². The number of aromatic nitrogens is 4. The third kappa shape index (κ3) is 2.34. The lowest BCUT2D eigenvalue weighted by atomic mass is 10.1. The number of benzene rings is 1. The summed E-state index contributed by atoms with van der Waals surface area (Å²) >= 11 is 5.09. The molecule has 0 saturated carbocycles. The monoisotopic (exact) mass is 297 g/mol. The van der Waals surface area contributed by atoms with Crippen LogP contribution < -0.4 is 0 Å². The molecule has 0 aliphatic rings. The first-order valence-corrected chi connectivity index (χ1v) is 6.98. The molecule has 106 valence electrons. The third-order valence-electron chi connectivity index (χ3n) is 3.44. The van der Waals surface area contributed by atoms with Crippen LogP contribution in [0.3, 0.4) is 0 Å². The number of aromatic amines is 1. The van der Waals surface area contributed by atoms with Gasteiger partial charge >= 0.3 is 0 Å². The maximum Gasteiger partial charge on any atom is 0.216 e. The smallest absolute Gasteiger partial charge is 0.216 e. The predicted molar refractivity (Wildman–Crippen MR) is 87.3 cm³/mol. The number of fused-ring (bicyclic) bond motifs is 1. The molecular weight excluding hydrogens is 282 g/mol. The van der Waals surface area contributed by atoms with Crippen molar-refractivity contribution < 1.29 is 0 Å². The van der Waals surface area contributed by atoms with Crippen LogP contribution in [0.2, 0.25) is 0 Å². The Hall–Kier alpha value is -2.47. The fourth-order valence-corrected chi connectivity index (χ4v) is 2.58. The van der Waals surface area contributed by atoms with Gasteiger partial charge in [0.15, 0.2) is 0 Å². The zero-order valence-corrected chi connectivity index (χ0v) is 12.5. The maximum absolute atomic E-state index is 5.09. The number of rotatable bonds is 4. The van der Waals surface area contributed by atoms with Crippen LogP contribution in [0.15, 0.2) is 48.3 Å². The molecule has 21 heavy (non-hydrogen) atoms. The molecule has 0 spiro atoms. The summed E-state index contributed by atoms with van der Waals surface area (Å²) in [6.07, 6.45) is 5.27. The van der Waals surface area contributed by atoms with Crippen molar-refractivity contribution >= 4 is 29.3 Å². The fraction of sp³-hybridized carbons (Fsp3) is 0.133. The van der Waals surface area contributed by atoms with Gasteiger partial charge in [-0.25, -0.2) is 0 Å². The van der Waals surface area contributed by atoms with E-state index in [0.29, 0.717) is 4.77 Å². The van der Waals surface area contributed by atoms with E-state index in [0.717, 1.165) is 23.2 Å². The molecule has 3 aromatic rings. The molecular formula is C15H15N5S. The molecule has 0 aliphatic heterocycles. The van der Waals surface area contributed by atoms with Crippen LogP contribution in [0, 0.1) is 11.7 Å². The maximum atomic E-state index is 5.09. The molecule has 0 radical (unpaired) electrons. The van der Waals surface area contributed by atoms with Gasteiger partial charge in [-0.3, -0.25) is 5.10 Å². The summed E-state index contributed by atoms with van der Waals surface area (Å²) in [6.45, 7) is 6.68. The molecule has 0 unspecified atom stereocenters. The number of nitrogens with zero attached hydrogens (tertiary/aromatic N) is 4. The van der Waals surface area contributed by atoms with E-state index in [1.54, 1.807) is 6.33 Å². The summed E-state index contributed by atoms with van der Waals surface area (Å²) in [7, 11) is 0. The van der Waals surface area contributed by atoms with Gasteiger partial charge in [-0.05, 0) is 25.2 Å². The number of para-hydroxylation sites is 1. The minimum absolute atomic E-state index is 0.471. The SMILES string of the molecule is C=CCn1c(C)c(/C=N\n2cn[nH]c2=S)c2ccccc21. The molecule has 0 atom stereocenters. The molecule has 1 N–H and O–H groups in total. The van der Waals surface area contributed by atoms with Gasteiger partial charge in [0, 0.05) is 28.7 Å². The van der Waals surface area contributed by atoms with Crippen LogP contribution in [0.4, 0.5) is 0 Å². The third-order valence-corrected chi connectivity index (χ3v) is 3.72. The average molecular weight is 297 g/mol. The van der Waals surface area contributed by atoms with Gasteiger partial charge < -0.3 is 4.57 Å². The molecule has 2 aromatic heterocycles.